The third-order valence-electron chi connectivity index (χ3n) is 2.22. The van der Waals surface area contributed by atoms with E-state index in [-0.39, 0.29) is 6.10 Å². The first-order valence-corrected chi connectivity index (χ1v) is 4.15. The van der Waals surface area contributed by atoms with Crippen LogP contribution < -0.4 is 0 Å². The molecule has 58 valence electrons. The molecule has 1 nitrogen and oxygen atoms in total. The van der Waals surface area contributed by atoms with E-state index in [0.717, 1.165) is 6.42 Å². The predicted molar refractivity (Wildman–Crippen MR) is 42.8 cm³/mol. The molecule has 0 aromatic heterocycles. The van der Waals surface area contributed by atoms with E-state index in [4.69, 9.17) is 0 Å². The molecule has 0 aliphatic heterocycles. The molecule has 10 heavy (non-hydrogen) atoms. The maximum atomic E-state index is 9.45. The monoisotopic (exact) mass is 140 g/mol. The second kappa shape index (κ2) is 3.77. The highest BCUT2D eigenvalue weighted by molar-refractivity contribution is 4.91. The highest BCUT2D eigenvalue weighted by Gasteiger charge is 2.19. The van der Waals surface area contributed by atoms with E-state index in [1.54, 1.807) is 0 Å². The number of aliphatic hydroxyl groups excluding tert-OH is 1. The fourth-order valence-electron chi connectivity index (χ4n) is 1.61. The summed E-state index contributed by atoms with van der Waals surface area (Å²) in [7, 11) is 0. The Morgan fingerprint density at radius 1 is 1.30 bits per heavy atom. The molecule has 0 bridgehead atoms. The molecule has 0 aromatic rings. The molecular weight excluding hydrogens is 124 g/mol. The molecule has 0 spiro atoms. The van der Waals surface area contributed by atoms with Gasteiger partial charge in [0.15, 0.2) is 0 Å². The Kier molecular flexibility index (Phi) is 2.94. The van der Waals surface area contributed by atoms with Gasteiger partial charge >= 0.3 is 0 Å². The summed E-state index contributed by atoms with van der Waals surface area (Å²) < 4.78 is 0. The molecule has 2 atom stereocenters. The Labute approximate surface area is 62.8 Å². The molecule has 2 unspecified atom stereocenters. The van der Waals surface area contributed by atoms with Gasteiger partial charge in [0.05, 0.1) is 6.10 Å². The number of rotatable bonds is 1. The standard InChI is InChI=1S/C9H16O/c1-2-5-8-6-3-4-7-9(8)10/h2,5,8-10H,3-4,6-7H2,1H3/b5-2+. The lowest BCUT2D eigenvalue weighted by atomic mass is 9.86. The fourth-order valence-corrected chi connectivity index (χ4v) is 1.61. The summed E-state index contributed by atoms with van der Waals surface area (Å²) in [5.74, 6) is 0.443. The lowest BCUT2D eigenvalue weighted by Crippen LogP contribution is -2.22. The molecule has 1 rings (SSSR count). The molecule has 1 aliphatic carbocycles. The lowest BCUT2D eigenvalue weighted by Gasteiger charge is -2.24. The van der Waals surface area contributed by atoms with Crippen LogP contribution in [0.15, 0.2) is 12.2 Å². The van der Waals surface area contributed by atoms with E-state index in [1.165, 1.54) is 19.3 Å². The minimum atomic E-state index is -0.0649. The third kappa shape index (κ3) is 1.84. The van der Waals surface area contributed by atoms with Crippen molar-refractivity contribution in [1.82, 2.24) is 0 Å². The van der Waals surface area contributed by atoms with Crippen molar-refractivity contribution in [2.45, 2.75) is 38.7 Å². The number of hydrogen-bond donors (Lipinski definition) is 1. The Bertz CT molecular complexity index is 118. The van der Waals surface area contributed by atoms with Gasteiger partial charge in [0.2, 0.25) is 0 Å². The van der Waals surface area contributed by atoms with E-state index in [1.807, 2.05) is 13.0 Å². The Balaban J connectivity index is 2.39. The van der Waals surface area contributed by atoms with Crippen molar-refractivity contribution in [2.24, 2.45) is 5.92 Å². The average Bonchev–Trinajstić information content (AvgIpc) is 1.94. The summed E-state index contributed by atoms with van der Waals surface area (Å²) in [6.45, 7) is 2.02. The van der Waals surface area contributed by atoms with Crippen molar-refractivity contribution in [3.8, 4) is 0 Å². The fraction of sp³-hybridized carbons (Fsp3) is 0.778. The maximum absolute atomic E-state index is 9.45. The number of allylic oxidation sites excluding steroid dienone is 1. The van der Waals surface area contributed by atoms with Crippen LogP contribution in [-0.2, 0) is 0 Å². The van der Waals surface area contributed by atoms with Gasteiger partial charge in [0.25, 0.3) is 0 Å². The number of hydrogen-bond acceptors (Lipinski definition) is 1. The van der Waals surface area contributed by atoms with E-state index >= 15 is 0 Å². The first kappa shape index (κ1) is 7.80. The summed E-state index contributed by atoms with van der Waals surface area (Å²) >= 11 is 0. The minimum absolute atomic E-state index is 0.0649. The molecule has 0 heterocycles. The topological polar surface area (TPSA) is 20.2 Å². The van der Waals surface area contributed by atoms with Crippen LogP contribution in [0, 0.1) is 5.92 Å². The first-order chi connectivity index (χ1) is 4.84. The van der Waals surface area contributed by atoms with E-state index in [9.17, 15) is 5.11 Å². The molecule has 1 N–H and O–H groups in total. The van der Waals surface area contributed by atoms with Crippen molar-refractivity contribution in [2.75, 3.05) is 0 Å². The molecule has 0 saturated heterocycles. The number of aliphatic hydroxyl groups is 1. The summed E-state index contributed by atoms with van der Waals surface area (Å²) in [6, 6.07) is 0. The zero-order valence-corrected chi connectivity index (χ0v) is 6.59. The summed E-state index contributed by atoms with van der Waals surface area (Å²) in [5, 5.41) is 9.45. The molecule has 0 amide bonds. The Hall–Kier alpha value is -0.300. The van der Waals surface area contributed by atoms with Crippen LogP contribution >= 0.6 is 0 Å². The van der Waals surface area contributed by atoms with Crippen LogP contribution in [0.1, 0.15) is 32.6 Å². The van der Waals surface area contributed by atoms with Gasteiger partial charge in [0.1, 0.15) is 0 Å². The second-order valence-electron chi connectivity index (χ2n) is 3.04. The van der Waals surface area contributed by atoms with E-state index in [0.29, 0.717) is 5.92 Å². The molecule has 0 radical (unpaired) electrons. The Morgan fingerprint density at radius 2 is 2.00 bits per heavy atom. The van der Waals surface area contributed by atoms with Crippen LogP contribution in [0.3, 0.4) is 0 Å². The maximum Gasteiger partial charge on any atom is 0.0602 e. The van der Waals surface area contributed by atoms with Gasteiger partial charge in [-0.3, -0.25) is 0 Å². The molecular formula is C9H16O. The highest BCUT2D eigenvalue weighted by atomic mass is 16.3. The highest BCUT2D eigenvalue weighted by Crippen LogP contribution is 2.24. The van der Waals surface area contributed by atoms with Crippen molar-refractivity contribution in [3.05, 3.63) is 12.2 Å². The summed E-state index contributed by atoms with van der Waals surface area (Å²) in [4.78, 5) is 0. The van der Waals surface area contributed by atoms with Gasteiger partial charge in [-0.25, -0.2) is 0 Å². The van der Waals surface area contributed by atoms with Crippen molar-refractivity contribution in [3.63, 3.8) is 0 Å². The van der Waals surface area contributed by atoms with Crippen molar-refractivity contribution >= 4 is 0 Å². The molecule has 1 aliphatic rings. The van der Waals surface area contributed by atoms with Crippen LogP contribution in [0.4, 0.5) is 0 Å². The summed E-state index contributed by atoms with van der Waals surface area (Å²) in [6.07, 6.45) is 8.76. The Morgan fingerprint density at radius 3 is 2.60 bits per heavy atom. The van der Waals surface area contributed by atoms with E-state index < -0.39 is 0 Å². The SMILES string of the molecule is C/C=C/C1CCCCC1O. The van der Waals surface area contributed by atoms with Crippen molar-refractivity contribution in [1.29, 1.82) is 0 Å². The smallest absolute Gasteiger partial charge is 0.0602 e. The zero-order valence-electron chi connectivity index (χ0n) is 6.59. The summed E-state index contributed by atoms with van der Waals surface area (Å²) in [5.41, 5.74) is 0. The van der Waals surface area contributed by atoms with Gasteiger partial charge in [0, 0.05) is 5.92 Å². The average molecular weight is 140 g/mol. The zero-order chi connectivity index (χ0) is 7.40. The van der Waals surface area contributed by atoms with Crippen LogP contribution in [0.25, 0.3) is 0 Å². The van der Waals surface area contributed by atoms with Crippen LogP contribution in [-0.4, -0.2) is 11.2 Å². The molecule has 1 fully saturated rings. The second-order valence-corrected chi connectivity index (χ2v) is 3.04. The quantitative estimate of drug-likeness (QED) is 0.553. The van der Waals surface area contributed by atoms with Crippen LogP contribution in [0.5, 0.6) is 0 Å². The minimum Gasteiger partial charge on any atom is -0.393 e. The van der Waals surface area contributed by atoms with Gasteiger partial charge in [-0.2, -0.15) is 0 Å². The first-order valence-electron chi connectivity index (χ1n) is 4.15. The molecule has 0 aromatic carbocycles. The van der Waals surface area contributed by atoms with Gasteiger partial charge in [-0.1, -0.05) is 25.0 Å². The van der Waals surface area contributed by atoms with Gasteiger partial charge < -0.3 is 5.11 Å². The van der Waals surface area contributed by atoms with Gasteiger partial charge in [-0.05, 0) is 19.8 Å². The molecule has 1 saturated carbocycles. The normalized spacial score (nSPS) is 35.0. The van der Waals surface area contributed by atoms with Gasteiger partial charge in [-0.15, -0.1) is 0 Å². The third-order valence-corrected chi connectivity index (χ3v) is 2.22. The predicted octanol–water partition coefficient (Wildman–Crippen LogP) is 2.11. The lowest BCUT2D eigenvalue weighted by molar-refractivity contribution is 0.0927. The van der Waals surface area contributed by atoms with E-state index in [2.05, 4.69) is 6.08 Å². The van der Waals surface area contributed by atoms with Crippen LogP contribution in [0.2, 0.25) is 0 Å². The molecule has 1 heteroatoms. The largest absolute Gasteiger partial charge is 0.393 e. The van der Waals surface area contributed by atoms with Crippen molar-refractivity contribution < 1.29 is 5.11 Å².